The van der Waals surface area contributed by atoms with Crippen LogP contribution in [0.4, 0.5) is 0 Å². The standard InChI is InChI=1S/C15H26O6/c1-4-9(13(16)17)7-11(12(6-3)15(20)21)8-10(5-2)14(18)19/h9-12H,4-8H2,1-3H3,(H,16,17)(H,18,19)(H,20,21). The molecule has 0 amide bonds. The molecule has 0 aliphatic rings. The van der Waals surface area contributed by atoms with Crippen molar-refractivity contribution in [3.8, 4) is 0 Å². The zero-order valence-corrected chi connectivity index (χ0v) is 12.9. The fraction of sp³-hybridized carbons (Fsp3) is 0.800. The van der Waals surface area contributed by atoms with Gasteiger partial charge < -0.3 is 15.3 Å². The Hall–Kier alpha value is -1.59. The summed E-state index contributed by atoms with van der Waals surface area (Å²) in [6.07, 6.45) is 1.60. The van der Waals surface area contributed by atoms with E-state index in [1.54, 1.807) is 20.8 Å². The third-order valence-electron chi connectivity index (χ3n) is 4.18. The number of rotatable bonds is 11. The van der Waals surface area contributed by atoms with Crippen molar-refractivity contribution in [2.45, 2.75) is 52.9 Å². The largest absolute Gasteiger partial charge is 0.481 e. The van der Waals surface area contributed by atoms with E-state index in [9.17, 15) is 19.5 Å². The molecule has 0 saturated heterocycles. The van der Waals surface area contributed by atoms with Crippen molar-refractivity contribution in [2.75, 3.05) is 0 Å². The molecule has 0 aliphatic carbocycles. The van der Waals surface area contributed by atoms with Gasteiger partial charge in [0.15, 0.2) is 0 Å². The van der Waals surface area contributed by atoms with Gasteiger partial charge in [-0.05, 0) is 38.0 Å². The minimum atomic E-state index is -0.983. The fourth-order valence-electron chi connectivity index (χ4n) is 2.75. The predicted octanol–water partition coefficient (Wildman–Crippen LogP) is 2.72. The maximum absolute atomic E-state index is 11.4. The van der Waals surface area contributed by atoms with E-state index in [4.69, 9.17) is 10.2 Å². The van der Waals surface area contributed by atoms with Crippen LogP contribution in [0.25, 0.3) is 0 Å². The van der Waals surface area contributed by atoms with Crippen LogP contribution in [0, 0.1) is 23.7 Å². The van der Waals surface area contributed by atoms with Crippen LogP contribution in [-0.4, -0.2) is 33.2 Å². The first-order chi connectivity index (χ1) is 9.78. The quantitative estimate of drug-likeness (QED) is 0.541. The summed E-state index contributed by atoms with van der Waals surface area (Å²) in [7, 11) is 0. The van der Waals surface area contributed by atoms with E-state index < -0.39 is 41.6 Å². The number of hydrogen-bond acceptors (Lipinski definition) is 3. The highest BCUT2D eigenvalue weighted by atomic mass is 16.4. The van der Waals surface area contributed by atoms with Crippen molar-refractivity contribution >= 4 is 17.9 Å². The molecule has 0 rings (SSSR count). The van der Waals surface area contributed by atoms with E-state index in [0.717, 1.165) is 0 Å². The van der Waals surface area contributed by atoms with Crippen molar-refractivity contribution in [3.05, 3.63) is 0 Å². The molecule has 0 fully saturated rings. The first kappa shape index (κ1) is 19.4. The van der Waals surface area contributed by atoms with Gasteiger partial charge in [-0.15, -0.1) is 0 Å². The van der Waals surface area contributed by atoms with Gasteiger partial charge in [0.25, 0.3) is 0 Å². The van der Waals surface area contributed by atoms with Crippen molar-refractivity contribution in [1.82, 2.24) is 0 Å². The molecule has 3 atom stereocenters. The van der Waals surface area contributed by atoms with Crippen molar-refractivity contribution in [1.29, 1.82) is 0 Å². The summed E-state index contributed by atoms with van der Waals surface area (Å²) < 4.78 is 0. The molecule has 0 aliphatic heterocycles. The second kappa shape index (κ2) is 9.37. The average molecular weight is 302 g/mol. The Morgan fingerprint density at radius 2 is 1.10 bits per heavy atom. The molecule has 0 radical (unpaired) electrons. The van der Waals surface area contributed by atoms with Gasteiger partial charge in [0, 0.05) is 0 Å². The predicted molar refractivity (Wildman–Crippen MR) is 77.0 cm³/mol. The molecular formula is C15H26O6. The van der Waals surface area contributed by atoms with Crippen LogP contribution >= 0.6 is 0 Å². The highest BCUT2D eigenvalue weighted by Gasteiger charge is 2.33. The molecule has 6 nitrogen and oxygen atoms in total. The summed E-state index contributed by atoms with van der Waals surface area (Å²) in [5, 5.41) is 27.6. The molecule has 0 spiro atoms. The Bertz CT molecular complexity index is 341. The lowest BCUT2D eigenvalue weighted by Gasteiger charge is -2.27. The van der Waals surface area contributed by atoms with E-state index in [-0.39, 0.29) is 12.8 Å². The van der Waals surface area contributed by atoms with Crippen LogP contribution in [0.15, 0.2) is 0 Å². The van der Waals surface area contributed by atoms with Crippen LogP contribution in [0.5, 0.6) is 0 Å². The number of carboxylic acids is 3. The van der Waals surface area contributed by atoms with Crippen LogP contribution in [-0.2, 0) is 14.4 Å². The minimum Gasteiger partial charge on any atom is -0.481 e. The molecule has 3 unspecified atom stereocenters. The van der Waals surface area contributed by atoms with E-state index in [1.807, 2.05) is 0 Å². The molecule has 122 valence electrons. The van der Waals surface area contributed by atoms with Crippen LogP contribution in [0.3, 0.4) is 0 Å². The molecule has 6 heteroatoms. The Balaban J connectivity index is 5.20. The summed E-state index contributed by atoms with van der Waals surface area (Å²) in [6, 6.07) is 0. The van der Waals surface area contributed by atoms with Gasteiger partial charge in [-0.3, -0.25) is 14.4 Å². The van der Waals surface area contributed by atoms with Gasteiger partial charge in [0.05, 0.1) is 17.8 Å². The first-order valence-corrected chi connectivity index (χ1v) is 7.46. The topological polar surface area (TPSA) is 112 Å². The highest BCUT2D eigenvalue weighted by Crippen LogP contribution is 2.32. The molecule has 0 bridgehead atoms. The SMILES string of the molecule is CCC(CC(CC(CC)C(=O)O)C(CC)C(=O)O)C(=O)O. The zero-order valence-electron chi connectivity index (χ0n) is 12.9. The average Bonchev–Trinajstić information content (AvgIpc) is 2.40. The second-order valence-corrected chi connectivity index (χ2v) is 5.47. The summed E-state index contributed by atoms with van der Waals surface area (Å²) in [5.74, 6) is -5.29. The normalized spacial score (nSPS) is 16.7. The molecule has 0 saturated carbocycles. The molecule has 21 heavy (non-hydrogen) atoms. The zero-order chi connectivity index (χ0) is 16.6. The second-order valence-electron chi connectivity index (χ2n) is 5.47. The summed E-state index contributed by atoms with van der Waals surface area (Å²) in [5.41, 5.74) is 0. The molecule has 0 aromatic carbocycles. The lowest BCUT2D eigenvalue weighted by atomic mass is 9.76. The van der Waals surface area contributed by atoms with Crippen LogP contribution in [0.1, 0.15) is 52.9 Å². The van der Waals surface area contributed by atoms with Gasteiger partial charge in [0.2, 0.25) is 0 Å². The van der Waals surface area contributed by atoms with Crippen LogP contribution < -0.4 is 0 Å². The summed E-state index contributed by atoms with van der Waals surface area (Å²) in [6.45, 7) is 5.22. The smallest absolute Gasteiger partial charge is 0.306 e. The molecule has 0 aromatic rings. The van der Waals surface area contributed by atoms with Gasteiger partial charge in [-0.1, -0.05) is 20.8 Å². The Morgan fingerprint density at radius 1 is 0.714 bits per heavy atom. The maximum Gasteiger partial charge on any atom is 0.306 e. The number of carboxylic acid groups (broad SMARTS) is 3. The monoisotopic (exact) mass is 302 g/mol. The van der Waals surface area contributed by atoms with E-state index >= 15 is 0 Å². The highest BCUT2D eigenvalue weighted by molar-refractivity contribution is 5.72. The number of aliphatic carboxylic acids is 3. The van der Waals surface area contributed by atoms with Gasteiger partial charge >= 0.3 is 17.9 Å². The number of hydrogen-bond donors (Lipinski definition) is 3. The van der Waals surface area contributed by atoms with Gasteiger partial charge in [-0.25, -0.2) is 0 Å². The number of carbonyl (C=O) groups is 3. The van der Waals surface area contributed by atoms with Crippen molar-refractivity contribution < 1.29 is 29.7 Å². The van der Waals surface area contributed by atoms with Gasteiger partial charge in [0.1, 0.15) is 0 Å². The fourth-order valence-corrected chi connectivity index (χ4v) is 2.75. The van der Waals surface area contributed by atoms with E-state index in [1.165, 1.54) is 0 Å². The molecule has 0 aromatic heterocycles. The summed E-state index contributed by atoms with van der Waals surface area (Å²) in [4.78, 5) is 33.7. The Labute approximate surface area is 125 Å². The Morgan fingerprint density at radius 3 is 1.29 bits per heavy atom. The van der Waals surface area contributed by atoms with Crippen molar-refractivity contribution in [2.24, 2.45) is 23.7 Å². The van der Waals surface area contributed by atoms with Crippen LogP contribution in [0.2, 0.25) is 0 Å². The lowest BCUT2D eigenvalue weighted by molar-refractivity contribution is -0.149. The molecular weight excluding hydrogens is 276 g/mol. The van der Waals surface area contributed by atoms with E-state index in [2.05, 4.69) is 0 Å². The lowest BCUT2D eigenvalue weighted by Crippen LogP contribution is -2.30. The molecule has 0 heterocycles. The minimum absolute atomic E-state index is 0.209. The third-order valence-corrected chi connectivity index (χ3v) is 4.18. The van der Waals surface area contributed by atoms with Gasteiger partial charge in [-0.2, -0.15) is 0 Å². The maximum atomic E-state index is 11.4. The summed E-state index contributed by atoms with van der Waals surface area (Å²) >= 11 is 0. The first-order valence-electron chi connectivity index (χ1n) is 7.46. The van der Waals surface area contributed by atoms with E-state index in [0.29, 0.717) is 19.3 Å². The Kier molecular flexibility index (Phi) is 8.66. The third kappa shape index (κ3) is 6.14. The van der Waals surface area contributed by atoms with Crippen molar-refractivity contribution in [3.63, 3.8) is 0 Å². The molecule has 3 N–H and O–H groups in total.